The number of aromatic nitrogens is 1. The lowest BCUT2D eigenvalue weighted by Crippen LogP contribution is -2.34. The fourth-order valence-electron chi connectivity index (χ4n) is 1.47. The monoisotopic (exact) mass is 270 g/mol. The van der Waals surface area contributed by atoms with E-state index in [2.05, 4.69) is 18.8 Å². The van der Waals surface area contributed by atoms with Crippen molar-refractivity contribution in [1.82, 2.24) is 9.88 Å². The number of rotatable bonds is 6. The molecular formula is C12H18N2O3S. The van der Waals surface area contributed by atoms with E-state index in [-0.39, 0.29) is 16.6 Å². The Bertz CT molecular complexity index is 431. The van der Waals surface area contributed by atoms with Crippen LogP contribution in [-0.2, 0) is 0 Å². The van der Waals surface area contributed by atoms with Crippen molar-refractivity contribution < 1.29 is 14.7 Å². The molecule has 0 aromatic carbocycles. The number of carbonyl (C=O) groups is 2. The lowest BCUT2D eigenvalue weighted by atomic mass is 10.1. The third-order valence-electron chi connectivity index (χ3n) is 2.80. The minimum absolute atomic E-state index is 0.0667. The molecule has 1 amide bonds. The van der Waals surface area contributed by atoms with Crippen molar-refractivity contribution in [2.45, 2.75) is 27.2 Å². The van der Waals surface area contributed by atoms with Gasteiger partial charge in [0.15, 0.2) is 10.7 Å². The summed E-state index contributed by atoms with van der Waals surface area (Å²) < 4.78 is 0. The van der Waals surface area contributed by atoms with Gasteiger partial charge in [-0.15, -0.1) is 11.3 Å². The van der Waals surface area contributed by atoms with E-state index in [9.17, 15) is 9.59 Å². The summed E-state index contributed by atoms with van der Waals surface area (Å²) in [6, 6.07) is 0. The van der Waals surface area contributed by atoms with E-state index >= 15 is 0 Å². The van der Waals surface area contributed by atoms with Crippen LogP contribution in [0.2, 0.25) is 0 Å². The van der Waals surface area contributed by atoms with Crippen LogP contribution in [0.3, 0.4) is 0 Å². The van der Waals surface area contributed by atoms with E-state index in [4.69, 9.17) is 5.11 Å². The minimum atomic E-state index is -1.10. The van der Waals surface area contributed by atoms with Gasteiger partial charge in [0.05, 0.1) is 0 Å². The van der Waals surface area contributed by atoms with Crippen molar-refractivity contribution in [2.24, 2.45) is 5.92 Å². The molecule has 100 valence electrons. The summed E-state index contributed by atoms with van der Waals surface area (Å²) in [5.41, 5.74) is -0.0667. The van der Waals surface area contributed by atoms with Crippen LogP contribution in [0.25, 0.3) is 0 Å². The zero-order chi connectivity index (χ0) is 13.7. The zero-order valence-corrected chi connectivity index (χ0v) is 11.7. The topological polar surface area (TPSA) is 70.5 Å². The van der Waals surface area contributed by atoms with Gasteiger partial charge in [-0.1, -0.05) is 20.3 Å². The van der Waals surface area contributed by atoms with Crippen LogP contribution in [0.5, 0.6) is 0 Å². The molecule has 0 spiro atoms. The van der Waals surface area contributed by atoms with Crippen LogP contribution in [0, 0.1) is 5.92 Å². The Morgan fingerprint density at radius 2 is 2.17 bits per heavy atom. The molecule has 1 aromatic heterocycles. The lowest BCUT2D eigenvalue weighted by Gasteiger charge is -2.22. The van der Waals surface area contributed by atoms with Crippen LogP contribution < -0.4 is 0 Å². The molecular weight excluding hydrogens is 252 g/mol. The Kier molecular flexibility index (Phi) is 5.27. The van der Waals surface area contributed by atoms with Gasteiger partial charge in [0.25, 0.3) is 5.91 Å². The maximum Gasteiger partial charge on any atom is 0.355 e. The number of carboxylic acids is 1. The van der Waals surface area contributed by atoms with Gasteiger partial charge in [-0.3, -0.25) is 4.79 Å². The number of amides is 1. The van der Waals surface area contributed by atoms with E-state index in [0.29, 0.717) is 19.0 Å². The van der Waals surface area contributed by atoms with Crippen LogP contribution in [0.1, 0.15) is 47.5 Å². The molecule has 0 aliphatic carbocycles. The van der Waals surface area contributed by atoms with E-state index in [1.54, 1.807) is 4.90 Å². The second-order valence-corrected chi connectivity index (χ2v) is 5.06. The first-order valence-corrected chi connectivity index (χ1v) is 6.85. The molecule has 0 saturated carbocycles. The summed E-state index contributed by atoms with van der Waals surface area (Å²) in [5.74, 6) is -0.863. The van der Waals surface area contributed by atoms with Crippen molar-refractivity contribution in [3.8, 4) is 0 Å². The Hall–Kier alpha value is -1.43. The maximum atomic E-state index is 12.1. The first-order valence-electron chi connectivity index (χ1n) is 5.97. The Balaban J connectivity index is 2.79. The van der Waals surface area contributed by atoms with Crippen molar-refractivity contribution >= 4 is 23.2 Å². The van der Waals surface area contributed by atoms with Gasteiger partial charge in [-0.2, -0.15) is 0 Å². The molecule has 6 heteroatoms. The second-order valence-electron chi connectivity index (χ2n) is 4.20. The fraction of sp³-hybridized carbons (Fsp3) is 0.583. The average molecular weight is 270 g/mol. The summed E-state index contributed by atoms with van der Waals surface area (Å²) in [7, 11) is 0. The van der Waals surface area contributed by atoms with Crippen molar-refractivity contribution in [1.29, 1.82) is 0 Å². The van der Waals surface area contributed by atoms with Crippen molar-refractivity contribution in [3.63, 3.8) is 0 Å². The smallest absolute Gasteiger partial charge is 0.355 e. The molecule has 0 aliphatic heterocycles. The summed E-state index contributed by atoms with van der Waals surface area (Å²) in [6.07, 6.45) is 1.00. The number of hydrogen-bond acceptors (Lipinski definition) is 4. The number of carboxylic acid groups (broad SMARTS) is 1. The van der Waals surface area contributed by atoms with Gasteiger partial charge in [-0.25, -0.2) is 9.78 Å². The third-order valence-corrected chi connectivity index (χ3v) is 3.63. The maximum absolute atomic E-state index is 12.1. The second kappa shape index (κ2) is 6.49. The largest absolute Gasteiger partial charge is 0.476 e. The molecule has 1 unspecified atom stereocenters. The van der Waals surface area contributed by atoms with Gasteiger partial charge < -0.3 is 10.0 Å². The van der Waals surface area contributed by atoms with E-state index in [1.165, 1.54) is 5.38 Å². The number of carbonyl (C=O) groups excluding carboxylic acids is 1. The first-order chi connectivity index (χ1) is 8.49. The average Bonchev–Trinajstić information content (AvgIpc) is 2.84. The highest BCUT2D eigenvalue weighted by Gasteiger charge is 2.20. The quantitative estimate of drug-likeness (QED) is 0.861. The van der Waals surface area contributed by atoms with Gasteiger partial charge in [0, 0.05) is 18.5 Å². The highest BCUT2D eigenvalue weighted by atomic mass is 32.1. The molecule has 0 fully saturated rings. The lowest BCUT2D eigenvalue weighted by molar-refractivity contribution is 0.0691. The molecule has 0 aliphatic rings. The number of nitrogens with zero attached hydrogens (tertiary/aromatic N) is 2. The number of hydrogen-bond donors (Lipinski definition) is 1. The fourth-order valence-corrected chi connectivity index (χ4v) is 2.22. The molecule has 1 heterocycles. The van der Waals surface area contributed by atoms with Crippen molar-refractivity contribution in [2.75, 3.05) is 13.1 Å². The predicted octanol–water partition coefficient (Wildman–Crippen LogP) is 2.35. The minimum Gasteiger partial charge on any atom is -0.476 e. The van der Waals surface area contributed by atoms with E-state index in [0.717, 1.165) is 17.8 Å². The Morgan fingerprint density at radius 3 is 2.61 bits per heavy atom. The van der Waals surface area contributed by atoms with E-state index in [1.807, 2.05) is 6.92 Å². The van der Waals surface area contributed by atoms with Gasteiger partial charge in [0.2, 0.25) is 0 Å². The number of thiazole rings is 1. The Morgan fingerprint density at radius 1 is 1.50 bits per heavy atom. The van der Waals surface area contributed by atoms with E-state index < -0.39 is 5.97 Å². The third kappa shape index (κ3) is 3.53. The Labute approximate surface area is 110 Å². The summed E-state index contributed by atoms with van der Waals surface area (Å²) in [5, 5.41) is 10.4. The predicted molar refractivity (Wildman–Crippen MR) is 70.1 cm³/mol. The van der Waals surface area contributed by atoms with Crippen LogP contribution in [-0.4, -0.2) is 40.0 Å². The highest BCUT2D eigenvalue weighted by molar-refractivity contribution is 7.11. The molecule has 1 N–H and O–H groups in total. The number of aromatic carboxylic acids is 1. The molecule has 18 heavy (non-hydrogen) atoms. The molecule has 1 rings (SSSR count). The van der Waals surface area contributed by atoms with Crippen LogP contribution >= 0.6 is 11.3 Å². The standard InChI is InChI=1S/C12H18N2O3S/c1-4-8(3)6-14(5-2)11(15)10-13-9(7-18-10)12(16)17/h7-8H,4-6H2,1-3H3,(H,16,17). The summed E-state index contributed by atoms with van der Waals surface area (Å²) >= 11 is 1.08. The van der Waals surface area contributed by atoms with Crippen LogP contribution in [0.4, 0.5) is 0 Å². The highest BCUT2D eigenvalue weighted by Crippen LogP contribution is 2.14. The first kappa shape index (κ1) is 14.6. The zero-order valence-electron chi connectivity index (χ0n) is 10.8. The molecule has 0 saturated heterocycles. The summed E-state index contributed by atoms with van der Waals surface area (Å²) in [6.45, 7) is 7.35. The van der Waals surface area contributed by atoms with Gasteiger partial charge in [0.1, 0.15) is 0 Å². The van der Waals surface area contributed by atoms with Gasteiger partial charge in [-0.05, 0) is 12.8 Å². The molecule has 1 aromatic rings. The van der Waals surface area contributed by atoms with Crippen LogP contribution in [0.15, 0.2) is 5.38 Å². The normalized spacial score (nSPS) is 12.2. The SMILES string of the molecule is CCC(C)CN(CC)C(=O)c1nc(C(=O)O)cs1. The molecule has 0 bridgehead atoms. The molecule has 5 nitrogen and oxygen atoms in total. The van der Waals surface area contributed by atoms with Crippen molar-refractivity contribution in [3.05, 3.63) is 16.1 Å². The molecule has 0 radical (unpaired) electrons. The molecule has 1 atom stereocenters. The summed E-state index contributed by atoms with van der Waals surface area (Å²) in [4.78, 5) is 28.4. The van der Waals surface area contributed by atoms with Gasteiger partial charge >= 0.3 is 5.97 Å².